The number of fused-ring (bicyclic) bond motifs is 1. The highest BCUT2D eigenvalue weighted by atomic mass is 31.2. The Labute approximate surface area is 210 Å². The molecule has 14 heteroatoms. The molecule has 13 nitrogen and oxygen atoms in total. The lowest BCUT2D eigenvalue weighted by molar-refractivity contribution is -0.150. The molecule has 0 fully saturated rings. The van der Waals surface area contributed by atoms with Gasteiger partial charge in [-0.15, -0.1) is 0 Å². The van der Waals surface area contributed by atoms with Crippen LogP contribution in [0.25, 0.3) is 11.2 Å². The number of ether oxygens (including phenoxy) is 3. The van der Waals surface area contributed by atoms with Gasteiger partial charge in [0.05, 0.1) is 44.7 Å². The summed E-state index contributed by atoms with van der Waals surface area (Å²) < 4.78 is 37.2. The first-order chi connectivity index (χ1) is 16.9. The number of imidazole rings is 1. The van der Waals surface area contributed by atoms with Crippen LogP contribution < -0.4 is 10.8 Å². The van der Waals surface area contributed by atoms with Crippen molar-refractivity contribution in [2.45, 2.75) is 78.7 Å². The van der Waals surface area contributed by atoms with Gasteiger partial charge >= 0.3 is 11.9 Å². The van der Waals surface area contributed by atoms with Crippen LogP contribution in [0.5, 0.6) is 0 Å². The highest BCUT2D eigenvalue weighted by molar-refractivity contribution is 7.56. The fraction of sp³-hybridized carbons (Fsp3) is 0.682. The zero-order valence-corrected chi connectivity index (χ0v) is 22.6. The summed E-state index contributed by atoms with van der Waals surface area (Å²) in [5.41, 5.74) is 5.52. The van der Waals surface area contributed by atoms with Gasteiger partial charge in [0.15, 0.2) is 11.5 Å². The van der Waals surface area contributed by atoms with Gasteiger partial charge in [0.2, 0.25) is 0 Å². The minimum atomic E-state index is -3.77. The number of aromatic nitrogens is 4. The molecule has 2 heterocycles. The van der Waals surface area contributed by atoms with Gasteiger partial charge in [-0.3, -0.25) is 14.2 Å². The number of nitrogens with two attached hydrogens (primary N) is 1. The van der Waals surface area contributed by atoms with Crippen molar-refractivity contribution in [1.29, 1.82) is 0 Å². The maximum atomic E-state index is 13.7. The van der Waals surface area contributed by atoms with Crippen molar-refractivity contribution >= 4 is 36.4 Å². The van der Waals surface area contributed by atoms with Crippen LogP contribution in [-0.2, 0) is 39.4 Å². The van der Waals surface area contributed by atoms with E-state index < -0.39 is 31.1 Å². The molecule has 0 aromatic carbocycles. The molecule has 202 valence electrons. The lowest BCUT2D eigenvalue weighted by Gasteiger charge is -2.30. The third-order valence-corrected chi connectivity index (χ3v) is 6.77. The van der Waals surface area contributed by atoms with Gasteiger partial charge < -0.3 is 29.0 Å². The van der Waals surface area contributed by atoms with Gasteiger partial charge in [-0.2, -0.15) is 0 Å². The average molecular weight is 529 g/mol. The molecular weight excluding hydrogens is 491 g/mol. The average Bonchev–Trinajstić information content (AvgIpc) is 3.19. The van der Waals surface area contributed by atoms with Crippen LogP contribution in [0.15, 0.2) is 12.7 Å². The van der Waals surface area contributed by atoms with E-state index in [0.29, 0.717) is 24.1 Å². The van der Waals surface area contributed by atoms with Gasteiger partial charge in [0.25, 0.3) is 7.52 Å². The summed E-state index contributed by atoms with van der Waals surface area (Å²) in [6.45, 7) is 10.6. The van der Waals surface area contributed by atoms with Crippen molar-refractivity contribution in [2.24, 2.45) is 0 Å². The molecule has 0 aliphatic carbocycles. The molecule has 2 atom stereocenters. The van der Waals surface area contributed by atoms with E-state index >= 15 is 0 Å². The number of carbonyl (C=O) groups excluding carboxylic acids is 2. The molecule has 0 spiro atoms. The van der Waals surface area contributed by atoms with Crippen molar-refractivity contribution in [3.8, 4) is 0 Å². The lowest BCUT2D eigenvalue weighted by Crippen LogP contribution is -2.47. The Balaban J connectivity index is 2.08. The SMILES string of the molecule is CCCOC(=O)C(C)(C)N[P@@](=O)(CO[C@H](C)Cn1cnc2c(N)ncnc21)OCCC(=O)OC(C)C. The molecule has 0 aliphatic rings. The van der Waals surface area contributed by atoms with Crippen LogP contribution in [0, 0.1) is 0 Å². The summed E-state index contributed by atoms with van der Waals surface area (Å²) in [4.78, 5) is 36.7. The molecule has 0 saturated carbocycles. The molecule has 0 radical (unpaired) electrons. The van der Waals surface area contributed by atoms with E-state index in [9.17, 15) is 14.2 Å². The zero-order valence-electron chi connectivity index (χ0n) is 21.7. The normalized spacial score (nSPS) is 14.5. The van der Waals surface area contributed by atoms with Crippen LogP contribution in [0.1, 0.15) is 54.4 Å². The number of rotatable bonds is 15. The number of hydrogen-bond donors (Lipinski definition) is 2. The fourth-order valence-electron chi connectivity index (χ4n) is 3.13. The summed E-state index contributed by atoms with van der Waals surface area (Å²) in [7, 11) is -3.77. The highest BCUT2D eigenvalue weighted by Gasteiger charge is 2.38. The molecule has 36 heavy (non-hydrogen) atoms. The van der Waals surface area contributed by atoms with E-state index in [1.165, 1.54) is 6.33 Å². The first kappa shape index (κ1) is 29.6. The van der Waals surface area contributed by atoms with Crippen molar-refractivity contribution in [2.75, 3.05) is 25.3 Å². The first-order valence-electron chi connectivity index (χ1n) is 11.8. The molecule has 0 unspecified atom stereocenters. The van der Waals surface area contributed by atoms with Crippen molar-refractivity contribution in [1.82, 2.24) is 24.6 Å². The molecule has 0 amide bonds. The van der Waals surface area contributed by atoms with E-state index in [2.05, 4.69) is 20.0 Å². The monoisotopic (exact) mass is 528 g/mol. The zero-order chi connectivity index (χ0) is 26.9. The molecule has 0 bridgehead atoms. The summed E-state index contributed by atoms with van der Waals surface area (Å²) in [5, 5.41) is 2.77. The highest BCUT2D eigenvalue weighted by Crippen LogP contribution is 2.45. The van der Waals surface area contributed by atoms with Crippen molar-refractivity contribution in [3.05, 3.63) is 12.7 Å². The number of carbonyl (C=O) groups is 2. The van der Waals surface area contributed by atoms with Crippen LogP contribution in [0.4, 0.5) is 5.82 Å². The Bertz CT molecular complexity index is 1070. The topological polar surface area (TPSA) is 170 Å². The Morgan fingerprint density at radius 3 is 2.58 bits per heavy atom. The van der Waals surface area contributed by atoms with E-state index in [4.69, 9.17) is 24.5 Å². The third kappa shape index (κ3) is 8.81. The Kier molecular flexibility index (Phi) is 10.8. The molecule has 0 saturated heterocycles. The van der Waals surface area contributed by atoms with Crippen molar-refractivity contribution < 1.29 is 32.9 Å². The maximum Gasteiger partial charge on any atom is 0.326 e. The predicted molar refractivity (Wildman–Crippen MR) is 133 cm³/mol. The molecular formula is C22H37N6O7P. The quantitative estimate of drug-likeness (QED) is 0.256. The lowest BCUT2D eigenvalue weighted by atomic mass is 10.1. The van der Waals surface area contributed by atoms with E-state index in [0.717, 1.165) is 0 Å². The number of nitrogens with zero attached hydrogens (tertiary/aromatic N) is 4. The number of esters is 2. The van der Waals surface area contributed by atoms with Gasteiger partial charge in [-0.1, -0.05) is 6.92 Å². The smallest absolute Gasteiger partial charge is 0.326 e. The second-order valence-corrected chi connectivity index (χ2v) is 11.2. The molecule has 2 rings (SSSR count). The Morgan fingerprint density at radius 1 is 1.19 bits per heavy atom. The third-order valence-electron chi connectivity index (χ3n) is 4.78. The van der Waals surface area contributed by atoms with Gasteiger partial charge in [-0.05, 0) is 41.0 Å². The van der Waals surface area contributed by atoms with Gasteiger partial charge in [-0.25, -0.2) is 20.0 Å². The van der Waals surface area contributed by atoms with Crippen molar-refractivity contribution in [3.63, 3.8) is 0 Å². The van der Waals surface area contributed by atoms with Crippen LogP contribution in [0.3, 0.4) is 0 Å². The molecule has 2 aromatic heterocycles. The predicted octanol–water partition coefficient (Wildman–Crippen LogP) is 2.64. The number of hydrogen-bond acceptors (Lipinski definition) is 11. The van der Waals surface area contributed by atoms with Crippen LogP contribution in [0.2, 0.25) is 0 Å². The van der Waals surface area contributed by atoms with Crippen LogP contribution >= 0.6 is 7.52 Å². The summed E-state index contributed by atoms with van der Waals surface area (Å²) in [6, 6.07) is 0. The number of nitrogens with one attached hydrogen (secondary N) is 1. The van der Waals surface area contributed by atoms with Gasteiger partial charge in [0, 0.05) is 0 Å². The largest absolute Gasteiger partial charge is 0.464 e. The fourth-order valence-corrected chi connectivity index (χ4v) is 5.12. The summed E-state index contributed by atoms with van der Waals surface area (Å²) in [6.07, 6.45) is 2.36. The second-order valence-electron chi connectivity index (χ2n) is 9.10. The maximum absolute atomic E-state index is 13.7. The minimum Gasteiger partial charge on any atom is -0.464 e. The van der Waals surface area contributed by atoms with Gasteiger partial charge in [0.1, 0.15) is 23.7 Å². The number of nitrogen functional groups attached to an aromatic ring is 1. The number of anilines is 1. The van der Waals surface area contributed by atoms with E-state index in [-0.39, 0.29) is 37.9 Å². The van der Waals surface area contributed by atoms with E-state index in [1.54, 1.807) is 45.5 Å². The van der Waals surface area contributed by atoms with Crippen LogP contribution in [-0.4, -0.2) is 68.8 Å². The summed E-state index contributed by atoms with van der Waals surface area (Å²) >= 11 is 0. The summed E-state index contributed by atoms with van der Waals surface area (Å²) in [5.74, 6) is -0.800. The minimum absolute atomic E-state index is 0.109. The molecule has 0 aliphatic heterocycles. The Hall–Kier alpha value is -2.60. The first-order valence-corrected chi connectivity index (χ1v) is 13.6. The molecule has 3 N–H and O–H groups in total. The Morgan fingerprint density at radius 2 is 1.92 bits per heavy atom. The molecule has 2 aromatic rings. The van der Waals surface area contributed by atoms with E-state index in [1.807, 2.05) is 6.92 Å². The standard InChI is InChI=1S/C22H37N6O7P/c1-7-9-32-21(30)22(5,6)27-36(31,34-10-8-17(29)35-15(2)3)14-33-16(4)11-28-13-26-18-19(23)24-12-25-20(18)28/h12-13,15-16H,7-11,14H2,1-6H3,(H,27,31)(H2,23,24,25)/t16-,36-/m1/s1. The second kappa shape index (κ2) is 13.1.